The average molecular weight is 278 g/mol. The minimum atomic E-state index is -0.583. The Hall–Kier alpha value is -0.320. The Morgan fingerprint density at radius 3 is 2.82 bits per heavy atom. The summed E-state index contributed by atoms with van der Waals surface area (Å²) in [5, 5.41) is 13.7. The molecule has 2 unspecified atom stereocenters. The summed E-state index contributed by atoms with van der Waals surface area (Å²) in [6.07, 6.45) is 2.23. The summed E-state index contributed by atoms with van der Waals surface area (Å²) in [7, 11) is 0. The summed E-state index contributed by atoms with van der Waals surface area (Å²) >= 11 is 11.8. The number of aliphatic hydroxyl groups excluding tert-OH is 1. The van der Waals surface area contributed by atoms with Crippen LogP contribution < -0.4 is 5.32 Å². The van der Waals surface area contributed by atoms with Gasteiger partial charge in [0.05, 0.1) is 22.8 Å². The SMILES string of the molecule is C=CC(Cl)=C(Cl)C=C(C)C1OCCNCC1O. The molecule has 1 saturated heterocycles. The first kappa shape index (κ1) is 14.7. The molecule has 96 valence electrons. The van der Waals surface area contributed by atoms with E-state index in [9.17, 15) is 5.11 Å². The summed E-state index contributed by atoms with van der Waals surface area (Å²) in [5.74, 6) is 0. The van der Waals surface area contributed by atoms with E-state index in [1.807, 2.05) is 6.92 Å². The quantitative estimate of drug-likeness (QED) is 0.777. The third-order valence-corrected chi connectivity index (χ3v) is 3.26. The number of ether oxygens (including phenoxy) is 1. The molecule has 0 aliphatic carbocycles. The number of hydrogen-bond donors (Lipinski definition) is 2. The van der Waals surface area contributed by atoms with E-state index in [1.165, 1.54) is 6.08 Å². The van der Waals surface area contributed by atoms with Gasteiger partial charge in [-0.2, -0.15) is 0 Å². The van der Waals surface area contributed by atoms with Crippen molar-refractivity contribution in [2.45, 2.75) is 19.1 Å². The van der Waals surface area contributed by atoms with E-state index in [-0.39, 0.29) is 6.10 Å². The topological polar surface area (TPSA) is 41.5 Å². The van der Waals surface area contributed by atoms with Gasteiger partial charge >= 0.3 is 0 Å². The molecule has 1 rings (SSSR count). The van der Waals surface area contributed by atoms with Crippen LogP contribution in [0.1, 0.15) is 6.92 Å². The van der Waals surface area contributed by atoms with Crippen molar-refractivity contribution in [3.05, 3.63) is 34.4 Å². The fourth-order valence-corrected chi connectivity index (χ4v) is 1.91. The second kappa shape index (κ2) is 7.19. The van der Waals surface area contributed by atoms with Crippen LogP contribution in [-0.2, 0) is 4.74 Å². The standard InChI is InChI=1S/C12H17Cl2NO2/c1-3-9(13)10(14)6-8(2)12-11(16)7-15-4-5-17-12/h3,6,11-12,15-16H,1,4-5,7H2,2H3. The molecule has 2 atom stereocenters. The predicted octanol–water partition coefficient (Wildman–Crippen LogP) is 2.16. The van der Waals surface area contributed by atoms with Crippen LogP contribution in [0.15, 0.2) is 34.4 Å². The van der Waals surface area contributed by atoms with E-state index in [4.69, 9.17) is 27.9 Å². The highest BCUT2D eigenvalue weighted by Crippen LogP contribution is 2.21. The Morgan fingerprint density at radius 2 is 2.18 bits per heavy atom. The largest absolute Gasteiger partial charge is 0.389 e. The third-order valence-electron chi connectivity index (χ3n) is 2.49. The first-order valence-corrected chi connectivity index (χ1v) is 6.18. The van der Waals surface area contributed by atoms with Gasteiger partial charge in [-0.25, -0.2) is 0 Å². The molecule has 0 saturated carbocycles. The van der Waals surface area contributed by atoms with Crippen LogP contribution in [0.4, 0.5) is 0 Å². The van der Waals surface area contributed by atoms with Crippen molar-refractivity contribution in [1.82, 2.24) is 5.32 Å². The van der Waals surface area contributed by atoms with E-state index in [0.29, 0.717) is 23.2 Å². The maximum Gasteiger partial charge on any atom is 0.106 e. The van der Waals surface area contributed by atoms with Gasteiger partial charge in [-0.15, -0.1) is 0 Å². The lowest BCUT2D eigenvalue weighted by Crippen LogP contribution is -2.34. The lowest BCUT2D eigenvalue weighted by molar-refractivity contribution is 0.00414. The Morgan fingerprint density at radius 1 is 1.47 bits per heavy atom. The molecule has 1 fully saturated rings. The number of hydrogen-bond acceptors (Lipinski definition) is 3. The molecular formula is C12H17Cl2NO2. The Bertz CT molecular complexity index is 339. The summed E-state index contributed by atoms with van der Waals surface area (Å²) in [5.41, 5.74) is 0.839. The predicted molar refractivity (Wildman–Crippen MR) is 71.3 cm³/mol. The number of allylic oxidation sites excluding steroid dienone is 4. The highest BCUT2D eigenvalue weighted by molar-refractivity contribution is 6.41. The van der Waals surface area contributed by atoms with Gasteiger partial charge in [0.2, 0.25) is 0 Å². The van der Waals surface area contributed by atoms with Crippen molar-refractivity contribution >= 4 is 23.2 Å². The maximum absolute atomic E-state index is 9.89. The van der Waals surface area contributed by atoms with Crippen molar-refractivity contribution in [3.8, 4) is 0 Å². The second-order valence-corrected chi connectivity index (χ2v) is 4.67. The van der Waals surface area contributed by atoms with Gasteiger partial charge in [0, 0.05) is 13.1 Å². The smallest absolute Gasteiger partial charge is 0.106 e. The molecule has 0 amide bonds. The number of nitrogens with one attached hydrogen (secondary N) is 1. The zero-order valence-electron chi connectivity index (χ0n) is 9.75. The van der Waals surface area contributed by atoms with Crippen LogP contribution in [0.25, 0.3) is 0 Å². The normalized spacial score (nSPS) is 28.4. The van der Waals surface area contributed by atoms with Gasteiger partial charge in [0.1, 0.15) is 6.10 Å². The lowest BCUT2D eigenvalue weighted by atomic mass is 10.1. The Kier molecular flexibility index (Phi) is 6.23. The van der Waals surface area contributed by atoms with E-state index < -0.39 is 6.10 Å². The molecule has 0 bridgehead atoms. The van der Waals surface area contributed by atoms with Crippen LogP contribution >= 0.6 is 23.2 Å². The van der Waals surface area contributed by atoms with E-state index in [0.717, 1.165) is 12.1 Å². The third kappa shape index (κ3) is 4.45. The first-order chi connectivity index (χ1) is 8.06. The molecule has 0 aromatic carbocycles. The highest BCUT2D eigenvalue weighted by Gasteiger charge is 2.23. The van der Waals surface area contributed by atoms with E-state index in [1.54, 1.807) is 6.08 Å². The monoisotopic (exact) mass is 277 g/mol. The van der Waals surface area contributed by atoms with Gasteiger partial charge in [-0.05, 0) is 24.6 Å². The van der Waals surface area contributed by atoms with E-state index in [2.05, 4.69) is 11.9 Å². The fourth-order valence-electron chi connectivity index (χ4n) is 1.61. The van der Waals surface area contributed by atoms with E-state index >= 15 is 0 Å². The summed E-state index contributed by atoms with van der Waals surface area (Å²) < 4.78 is 5.56. The van der Waals surface area contributed by atoms with Gasteiger partial charge < -0.3 is 15.2 Å². The summed E-state index contributed by atoms with van der Waals surface area (Å²) in [4.78, 5) is 0. The molecule has 1 aliphatic heterocycles. The number of β-amino-alcohol motifs (C(OH)–C–C–N with tert-alkyl or cyclic N) is 1. The van der Waals surface area contributed by atoms with Crippen LogP contribution in [0.5, 0.6) is 0 Å². The Balaban J connectivity index is 2.83. The molecule has 3 nitrogen and oxygen atoms in total. The minimum Gasteiger partial charge on any atom is -0.389 e. The van der Waals surface area contributed by atoms with Crippen molar-refractivity contribution < 1.29 is 9.84 Å². The molecular weight excluding hydrogens is 261 g/mol. The number of halogens is 2. The molecule has 0 spiro atoms. The van der Waals surface area contributed by atoms with Crippen molar-refractivity contribution in [1.29, 1.82) is 0 Å². The fraction of sp³-hybridized carbons (Fsp3) is 0.500. The Labute approximate surface area is 112 Å². The molecule has 1 heterocycles. The molecule has 1 aliphatic rings. The van der Waals surface area contributed by atoms with Crippen molar-refractivity contribution in [3.63, 3.8) is 0 Å². The number of rotatable bonds is 3. The zero-order chi connectivity index (χ0) is 12.8. The molecule has 5 heteroatoms. The van der Waals surface area contributed by atoms with Crippen LogP contribution in [0, 0.1) is 0 Å². The maximum atomic E-state index is 9.89. The van der Waals surface area contributed by atoms with Gasteiger partial charge in [0.15, 0.2) is 0 Å². The van der Waals surface area contributed by atoms with Crippen molar-refractivity contribution in [2.24, 2.45) is 0 Å². The highest BCUT2D eigenvalue weighted by atomic mass is 35.5. The van der Waals surface area contributed by atoms with Crippen molar-refractivity contribution in [2.75, 3.05) is 19.7 Å². The zero-order valence-corrected chi connectivity index (χ0v) is 11.3. The van der Waals surface area contributed by atoms with Gasteiger partial charge in [-0.1, -0.05) is 29.8 Å². The first-order valence-electron chi connectivity index (χ1n) is 5.42. The van der Waals surface area contributed by atoms with Crippen LogP contribution in [0.3, 0.4) is 0 Å². The number of aliphatic hydroxyl groups is 1. The minimum absolute atomic E-state index is 0.354. The van der Waals surface area contributed by atoms with Crippen LogP contribution in [-0.4, -0.2) is 37.0 Å². The second-order valence-electron chi connectivity index (χ2n) is 3.85. The summed E-state index contributed by atoms with van der Waals surface area (Å²) in [6.45, 7) is 7.19. The van der Waals surface area contributed by atoms with Gasteiger partial charge in [-0.3, -0.25) is 0 Å². The molecule has 2 N–H and O–H groups in total. The molecule has 17 heavy (non-hydrogen) atoms. The van der Waals surface area contributed by atoms with Gasteiger partial charge in [0.25, 0.3) is 0 Å². The summed E-state index contributed by atoms with van der Waals surface area (Å²) in [6, 6.07) is 0. The lowest BCUT2D eigenvalue weighted by Gasteiger charge is -2.21. The molecule has 0 aromatic rings. The van der Waals surface area contributed by atoms with Crippen LogP contribution in [0.2, 0.25) is 0 Å². The molecule has 0 radical (unpaired) electrons. The molecule has 0 aromatic heterocycles. The average Bonchev–Trinajstić information content (AvgIpc) is 2.52.